The summed E-state index contributed by atoms with van der Waals surface area (Å²) < 4.78 is 25.8. The number of halogens is 2. The van der Waals surface area contributed by atoms with Gasteiger partial charge in [-0.25, -0.2) is 13.8 Å². The lowest BCUT2D eigenvalue weighted by molar-refractivity contribution is 0.584. The van der Waals surface area contributed by atoms with Crippen LogP contribution < -0.4 is 5.32 Å². The van der Waals surface area contributed by atoms with Gasteiger partial charge in [0.25, 0.3) is 0 Å². The molecule has 5 heteroatoms. The topological polar surface area (TPSA) is 24.9 Å². The van der Waals surface area contributed by atoms with E-state index in [0.29, 0.717) is 12.2 Å². The Hall–Kier alpha value is -1.49. The number of benzene rings is 1. The summed E-state index contributed by atoms with van der Waals surface area (Å²) in [5, 5.41) is 2.99. The van der Waals surface area contributed by atoms with Gasteiger partial charge < -0.3 is 5.32 Å². The van der Waals surface area contributed by atoms with Crippen LogP contribution in [0.3, 0.4) is 0 Å². The van der Waals surface area contributed by atoms with Crippen molar-refractivity contribution in [3.63, 3.8) is 0 Å². The Morgan fingerprint density at radius 3 is 2.53 bits per heavy atom. The van der Waals surface area contributed by atoms with E-state index in [1.807, 2.05) is 6.92 Å². The van der Waals surface area contributed by atoms with Crippen molar-refractivity contribution < 1.29 is 8.78 Å². The second-order valence-corrected chi connectivity index (χ2v) is 4.64. The molecule has 0 aliphatic carbocycles. The highest BCUT2D eigenvalue weighted by atomic mass is 32.1. The standard InChI is InChI=1S/C12H12F2N2S/c1-8-12(17-7-16-8)2-3-15-11-5-9(13)4-10(14)6-11/h4-7,15H,2-3H2,1H3. The Bertz CT molecular complexity index is 491. The highest BCUT2D eigenvalue weighted by molar-refractivity contribution is 7.09. The molecule has 0 radical (unpaired) electrons. The molecule has 0 fully saturated rings. The SMILES string of the molecule is Cc1ncsc1CCNc1cc(F)cc(F)c1. The Balaban J connectivity index is 1.92. The predicted molar refractivity (Wildman–Crippen MR) is 65.4 cm³/mol. The van der Waals surface area contributed by atoms with Crippen LogP contribution in [0.4, 0.5) is 14.5 Å². The van der Waals surface area contributed by atoms with E-state index < -0.39 is 11.6 Å². The Morgan fingerprint density at radius 1 is 1.24 bits per heavy atom. The number of rotatable bonds is 4. The minimum atomic E-state index is -0.568. The lowest BCUT2D eigenvalue weighted by Crippen LogP contribution is -2.05. The van der Waals surface area contributed by atoms with Crippen LogP contribution in [0.5, 0.6) is 0 Å². The minimum Gasteiger partial charge on any atom is -0.385 e. The molecule has 0 aliphatic heterocycles. The molecule has 2 nitrogen and oxygen atoms in total. The molecule has 1 aromatic heterocycles. The number of anilines is 1. The van der Waals surface area contributed by atoms with E-state index in [9.17, 15) is 8.78 Å². The number of nitrogens with zero attached hydrogens (tertiary/aromatic N) is 1. The van der Waals surface area contributed by atoms with Crippen LogP contribution in [0.1, 0.15) is 10.6 Å². The monoisotopic (exact) mass is 254 g/mol. The molecule has 0 aliphatic rings. The van der Waals surface area contributed by atoms with Gasteiger partial charge in [-0.2, -0.15) is 0 Å². The number of aromatic nitrogens is 1. The maximum absolute atomic E-state index is 12.9. The number of hydrogen-bond acceptors (Lipinski definition) is 3. The van der Waals surface area contributed by atoms with Gasteiger partial charge in [0.1, 0.15) is 11.6 Å². The molecule has 17 heavy (non-hydrogen) atoms. The molecule has 0 bridgehead atoms. The molecule has 0 atom stereocenters. The second kappa shape index (κ2) is 5.23. The van der Waals surface area contributed by atoms with Crippen molar-refractivity contribution in [3.05, 3.63) is 45.9 Å². The van der Waals surface area contributed by atoms with Gasteiger partial charge in [-0.05, 0) is 19.1 Å². The molecule has 2 aromatic rings. The maximum atomic E-state index is 12.9. The summed E-state index contributed by atoms with van der Waals surface area (Å²) in [6, 6.07) is 3.42. The first kappa shape index (κ1) is 12.0. The van der Waals surface area contributed by atoms with Crippen LogP contribution in [0.2, 0.25) is 0 Å². The van der Waals surface area contributed by atoms with Crippen LogP contribution in [0.25, 0.3) is 0 Å². The van der Waals surface area contributed by atoms with E-state index in [4.69, 9.17) is 0 Å². The molecule has 0 saturated carbocycles. The largest absolute Gasteiger partial charge is 0.385 e. The zero-order valence-corrected chi connectivity index (χ0v) is 10.2. The van der Waals surface area contributed by atoms with Crippen LogP contribution in [0.15, 0.2) is 23.7 Å². The predicted octanol–water partition coefficient (Wildman–Crippen LogP) is 3.38. The van der Waals surface area contributed by atoms with Crippen LogP contribution in [0, 0.1) is 18.6 Å². The molecule has 1 aromatic carbocycles. The van der Waals surface area contributed by atoms with Gasteiger partial charge in [0.15, 0.2) is 0 Å². The number of hydrogen-bond donors (Lipinski definition) is 1. The third kappa shape index (κ3) is 3.23. The lowest BCUT2D eigenvalue weighted by Gasteiger charge is -2.06. The summed E-state index contributed by atoms with van der Waals surface area (Å²) in [6.45, 7) is 2.58. The third-order valence-electron chi connectivity index (χ3n) is 2.39. The Kier molecular flexibility index (Phi) is 3.68. The van der Waals surface area contributed by atoms with Gasteiger partial charge >= 0.3 is 0 Å². The molecule has 0 amide bonds. The van der Waals surface area contributed by atoms with Gasteiger partial charge in [0.2, 0.25) is 0 Å². The average molecular weight is 254 g/mol. The first-order chi connectivity index (χ1) is 8.15. The van der Waals surface area contributed by atoms with Crippen molar-refractivity contribution >= 4 is 17.0 Å². The van der Waals surface area contributed by atoms with E-state index >= 15 is 0 Å². The molecule has 1 N–H and O–H groups in total. The summed E-state index contributed by atoms with van der Waals surface area (Å²) in [6.07, 6.45) is 0.800. The number of nitrogens with one attached hydrogen (secondary N) is 1. The smallest absolute Gasteiger partial charge is 0.128 e. The third-order valence-corrected chi connectivity index (χ3v) is 3.38. The normalized spacial score (nSPS) is 10.5. The van der Waals surface area contributed by atoms with E-state index in [-0.39, 0.29) is 0 Å². The first-order valence-electron chi connectivity index (χ1n) is 5.24. The minimum absolute atomic E-state index is 0.463. The van der Waals surface area contributed by atoms with Crippen LogP contribution >= 0.6 is 11.3 Å². The zero-order chi connectivity index (χ0) is 12.3. The van der Waals surface area contributed by atoms with Crippen molar-refractivity contribution in [1.82, 2.24) is 4.98 Å². The molecule has 0 spiro atoms. The summed E-state index contributed by atoms with van der Waals surface area (Å²) in [5.74, 6) is -1.14. The van der Waals surface area contributed by atoms with Gasteiger partial charge in [0.05, 0.1) is 11.2 Å². The van der Waals surface area contributed by atoms with Gasteiger partial charge in [-0.15, -0.1) is 11.3 Å². The zero-order valence-electron chi connectivity index (χ0n) is 9.34. The summed E-state index contributed by atoms with van der Waals surface area (Å²) in [5.41, 5.74) is 3.28. The highest BCUT2D eigenvalue weighted by Crippen LogP contribution is 2.15. The summed E-state index contributed by atoms with van der Waals surface area (Å²) in [7, 11) is 0. The Labute approximate surface area is 102 Å². The van der Waals surface area contributed by atoms with Crippen LogP contribution in [-0.4, -0.2) is 11.5 Å². The fourth-order valence-electron chi connectivity index (χ4n) is 1.54. The maximum Gasteiger partial charge on any atom is 0.128 e. The molecule has 90 valence electrons. The quantitative estimate of drug-likeness (QED) is 0.904. The van der Waals surface area contributed by atoms with Gasteiger partial charge in [0, 0.05) is 29.6 Å². The van der Waals surface area contributed by atoms with Crippen molar-refractivity contribution in [2.75, 3.05) is 11.9 Å². The summed E-state index contributed by atoms with van der Waals surface area (Å²) >= 11 is 1.59. The summed E-state index contributed by atoms with van der Waals surface area (Å²) in [4.78, 5) is 5.33. The van der Waals surface area contributed by atoms with Crippen molar-refractivity contribution in [2.45, 2.75) is 13.3 Å². The van der Waals surface area contributed by atoms with E-state index in [1.54, 1.807) is 16.8 Å². The van der Waals surface area contributed by atoms with Crippen molar-refractivity contribution in [1.29, 1.82) is 0 Å². The second-order valence-electron chi connectivity index (χ2n) is 3.70. The molecular weight excluding hydrogens is 242 g/mol. The number of aryl methyl sites for hydroxylation is 1. The van der Waals surface area contributed by atoms with Gasteiger partial charge in [-0.3, -0.25) is 0 Å². The van der Waals surface area contributed by atoms with Crippen molar-refractivity contribution in [2.24, 2.45) is 0 Å². The lowest BCUT2D eigenvalue weighted by atomic mass is 10.2. The first-order valence-corrected chi connectivity index (χ1v) is 6.12. The van der Waals surface area contributed by atoms with E-state index in [1.165, 1.54) is 17.0 Å². The van der Waals surface area contributed by atoms with Crippen LogP contribution in [-0.2, 0) is 6.42 Å². The fourth-order valence-corrected chi connectivity index (χ4v) is 2.32. The van der Waals surface area contributed by atoms with Gasteiger partial charge in [-0.1, -0.05) is 0 Å². The van der Waals surface area contributed by atoms with Crippen molar-refractivity contribution in [3.8, 4) is 0 Å². The Morgan fingerprint density at radius 2 is 1.94 bits per heavy atom. The fraction of sp³-hybridized carbons (Fsp3) is 0.250. The molecule has 1 heterocycles. The molecule has 2 rings (SSSR count). The van der Waals surface area contributed by atoms with E-state index in [0.717, 1.165) is 18.2 Å². The molecule has 0 unspecified atom stereocenters. The van der Waals surface area contributed by atoms with E-state index in [2.05, 4.69) is 10.3 Å². The number of thiazole rings is 1. The average Bonchev–Trinajstić information content (AvgIpc) is 2.63. The highest BCUT2D eigenvalue weighted by Gasteiger charge is 2.02. The molecular formula is C12H12F2N2S. The molecule has 0 saturated heterocycles.